The van der Waals surface area contributed by atoms with Gasteiger partial charge in [-0.1, -0.05) is 37.6 Å². The zero-order valence-corrected chi connectivity index (χ0v) is 18.5. The van der Waals surface area contributed by atoms with Gasteiger partial charge in [0, 0.05) is 28.3 Å². The van der Waals surface area contributed by atoms with E-state index in [1.807, 2.05) is 30.3 Å². The summed E-state index contributed by atoms with van der Waals surface area (Å²) in [5.41, 5.74) is 2.07. The summed E-state index contributed by atoms with van der Waals surface area (Å²) < 4.78 is 6.41. The normalized spacial score (nSPS) is 19.6. The van der Waals surface area contributed by atoms with Gasteiger partial charge in [-0.15, -0.1) is 0 Å². The Hall–Kier alpha value is -2.90. The lowest BCUT2D eigenvalue weighted by atomic mass is 9.70. The molecule has 1 unspecified atom stereocenters. The van der Waals surface area contributed by atoms with Gasteiger partial charge in [-0.05, 0) is 48.3 Å². The van der Waals surface area contributed by atoms with E-state index in [9.17, 15) is 9.59 Å². The van der Waals surface area contributed by atoms with Crippen LogP contribution in [0.1, 0.15) is 43.9 Å². The van der Waals surface area contributed by atoms with Gasteiger partial charge in [-0.3, -0.25) is 14.6 Å². The van der Waals surface area contributed by atoms with Crippen molar-refractivity contribution in [1.29, 1.82) is 0 Å². The van der Waals surface area contributed by atoms with Gasteiger partial charge in [-0.25, -0.2) is 0 Å². The fourth-order valence-electron chi connectivity index (χ4n) is 4.54. The van der Waals surface area contributed by atoms with E-state index in [0.717, 1.165) is 11.3 Å². The smallest absolute Gasteiger partial charge is 0.258 e. The van der Waals surface area contributed by atoms with E-state index in [4.69, 9.17) is 28.2 Å². The number of hydrogen-bond acceptors (Lipinski definition) is 5. The summed E-state index contributed by atoms with van der Waals surface area (Å²) >= 11 is 11.3. The molecule has 5 rings (SSSR count). The van der Waals surface area contributed by atoms with E-state index >= 15 is 0 Å². The third kappa shape index (κ3) is 3.47. The topological polar surface area (TPSA) is 90.9 Å². The number of aromatic amines is 2. The first-order valence-corrected chi connectivity index (χ1v) is 10.8. The van der Waals surface area contributed by atoms with Crippen molar-refractivity contribution in [2.75, 3.05) is 5.32 Å². The Balaban J connectivity index is 1.71. The quantitative estimate of drug-likeness (QED) is 0.443. The molecule has 3 aromatic rings. The molecule has 0 spiro atoms. The van der Waals surface area contributed by atoms with Crippen LogP contribution in [-0.2, 0) is 4.79 Å². The minimum atomic E-state index is -0.626. The van der Waals surface area contributed by atoms with Gasteiger partial charge >= 0.3 is 0 Å². The number of carbonyl (C=O) groups is 1. The number of benzene rings is 1. The number of nitrogens with one attached hydrogen (secondary N) is 3. The summed E-state index contributed by atoms with van der Waals surface area (Å²) in [4.78, 5) is 31.8. The second-order valence-corrected chi connectivity index (χ2v) is 9.65. The maximum Gasteiger partial charge on any atom is 0.258 e. The number of furan rings is 1. The van der Waals surface area contributed by atoms with Crippen molar-refractivity contribution in [3.63, 3.8) is 0 Å². The number of fused-ring (bicyclic) bond motifs is 1. The maximum absolute atomic E-state index is 13.2. The van der Waals surface area contributed by atoms with Crippen LogP contribution in [0.5, 0.6) is 0 Å². The second kappa shape index (κ2) is 7.07. The molecule has 1 aliphatic heterocycles. The average molecular weight is 454 g/mol. The van der Waals surface area contributed by atoms with Crippen LogP contribution in [0.2, 0.25) is 5.02 Å². The third-order valence-electron chi connectivity index (χ3n) is 5.77. The average Bonchev–Trinajstić information content (AvgIpc) is 3.15. The number of aromatic nitrogens is 2. The van der Waals surface area contributed by atoms with Crippen LogP contribution in [0.4, 0.5) is 5.82 Å². The molecule has 31 heavy (non-hydrogen) atoms. The molecule has 8 heteroatoms. The molecule has 6 nitrogen and oxygen atoms in total. The van der Waals surface area contributed by atoms with E-state index in [1.165, 1.54) is 0 Å². The number of allylic oxidation sites excluding steroid dienone is 2. The molecule has 0 fully saturated rings. The lowest BCUT2D eigenvalue weighted by Gasteiger charge is -2.38. The van der Waals surface area contributed by atoms with Crippen molar-refractivity contribution in [2.24, 2.45) is 5.41 Å². The Morgan fingerprint density at radius 1 is 1.13 bits per heavy atom. The monoisotopic (exact) mass is 453 g/mol. The van der Waals surface area contributed by atoms with E-state index in [2.05, 4.69) is 29.1 Å². The van der Waals surface area contributed by atoms with Gasteiger partial charge in [-0.2, -0.15) is 0 Å². The van der Waals surface area contributed by atoms with E-state index in [-0.39, 0.29) is 21.5 Å². The minimum absolute atomic E-state index is 0.0111. The molecule has 0 saturated heterocycles. The molecule has 0 bridgehead atoms. The predicted molar refractivity (Wildman–Crippen MR) is 122 cm³/mol. The van der Waals surface area contributed by atoms with Gasteiger partial charge in [0.05, 0.1) is 11.5 Å². The van der Waals surface area contributed by atoms with Gasteiger partial charge in [0.15, 0.2) is 10.6 Å². The van der Waals surface area contributed by atoms with Crippen molar-refractivity contribution in [2.45, 2.75) is 32.6 Å². The van der Waals surface area contributed by atoms with E-state index < -0.39 is 5.92 Å². The fourth-order valence-corrected chi connectivity index (χ4v) is 4.92. The lowest BCUT2D eigenvalue weighted by molar-refractivity contribution is -0.118. The van der Waals surface area contributed by atoms with Crippen LogP contribution in [-0.4, -0.2) is 15.8 Å². The molecule has 1 atom stereocenters. The van der Waals surface area contributed by atoms with Crippen LogP contribution in [0.25, 0.3) is 11.3 Å². The van der Waals surface area contributed by atoms with Crippen LogP contribution in [0, 0.1) is 10.2 Å². The molecule has 2 aromatic heterocycles. The summed E-state index contributed by atoms with van der Waals surface area (Å²) in [7, 11) is 0. The molecule has 0 amide bonds. The summed E-state index contributed by atoms with van der Waals surface area (Å²) in [6.45, 7) is 4.12. The van der Waals surface area contributed by atoms with Gasteiger partial charge in [0.2, 0.25) is 0 Å². The van der Waals surface area contributed by atoms with Gasteiger partial charge in [0.25, 0.3) is 5.56 Å². The molecule has 1 aromatic carbocycles. The van der Waals surface area contributed by atoms with Gasteiger partial charge in [0.1, 0.15) is 17.3 Å². The molecule has 2 aliphatic rings. The first kappa shape index (κ1) is 20.0. The number of Topliss-reactive ketones (excluding diaryl/α,β-unsaturated/α-hetero) is 1. The van der Waals surface area contributed by atoms with E-state index in [0.29, 0.717) is 46.3 Å². The molecule has 0 radical (unpaired) electrons. The molecule has 0 saturated carbocycles. The Kier molecular flexibility index (Phi) is 4.57. The SMILES string of the molecule is CC1(C)CC(=O)C2=C(C1)Nc1[nH]c(=S)[nH]c(=O)c1C2c1ccc(-c2cccc(Cl)c2)o1. The second-order valence-electron chi connectivity index (χ2n) is 8.80. The molecule has 3 heterocycles. The Bertz CT molecular complexity index is 1380. The Morgan fingerprint density at radius 3 is 2.71 bits per heavy atom. The Morgan fingerprint density at radius 2 is 1.94 bits per heavy atom. The largest absolute Gasteiger partial charge is 0.460 e. The van der Waals surface area contributed by atoms with Crippen molar-refractivity contribution in [3.05, 3.63) is 79.1 Å². The maximum atomic E-state index is 13.2. The van der Waals surface area contributed by atoms with Crippen LogP contribution in [0.3, 0.4) is 0 Å². The summed E-state index contributed by atoms with van der Waals surface area (Å²) in [6.07, 6.45) is 1.08. The van der Waals surface area contributed by atoms with Crippen LogP contribution >= 0.6 is 23.8 Å². The van der Waals surface area contributed by atoms with Crippen molar-refractivity contribution in [3.8, 4) is 11.3 Å². The number of hydrogen-bond donors (Lipinski definition) is 3. The number of anilines is 1. The van der Waals surface area contributed by atoms with Crippen molar-refractivity contribution < 1.29 is 9.21 Å². The Labute approximate surface area is 188 Å². The first-order chi connectivity index (χ1) is 14.7. The highest BCUT2D eigenvalue weighted by Gasteiger charge is 2.43. The highest BCUT2D eigenvalue weighted by atomic mass is 35.5. The summed E-state index contributed by atoms with van der Waals surface area (Å²) in [5.74, 6) is 1.02. The first-order valence-electron chi connectivity index (χ1n) is 9.97. The highest BCUT2D eigenvalue weighted by Crippen LogP contribution is 2.48. The summed E-state index contributed by atoms with van der Waals surface area (Å²) in [6, 6.07) is 11.0. The zero-order valence-electron chi connectivity index (χ0n) is 17.0. The highest BCUT2D eigenvalue weighted by molar-refractivity contribution is 7.71. The van der Waals surface area contributed by atoms with Crippen molar-refractivity contribution >= 4 is 35.4 Å². The number of H-pyrrole nitrogens is 2. The predicted octanol–water partition coefficient (Wildman–Crippen LogP) is 5.55. The molecule has 1 aliphatic carbocycles. The van der Waals surface area contributed by atoms with E-state index in [1.54, 1.807) is 6.07 Å². The molecule has 3 N–H and O–H groups in total. The van der Waals surface area contributed by atoms with Gasteiger partial charge < -0.3 is 14.7 Å². The minimum Gasteiger partial charge on any atom is -0.460 e. The lowest BCUT2D eigenvalue weighted by Crippen LogP contribution is -2.36. The van der Waals surface area contributed by atoms with Crippen molar-refractivity contribution in [1.82, 2.24) is 9.97 Å². The standard InChI is InChI=1S/C23H20ClN3O3S/c1-23(2)9-13-17(14(28)10-23)18(19-20(25-13)26-22(31)27-21(19)29)16-7-6-15(30-16)11-4-3-5-12(24)8-11/h3-8,18H,9-10H2,1-2H3,(H3,25,26,27,29,31). The van der Waals surface area contributed by atoms with Crippen LogP contribution in [0.15, 0.2) is 56.9 Å². The fraction of sp³-hybridized carbons (Fsp3) is 0.261. The van der Waals surface area contributed by atoms with Crippen LogP contribution < -0.4 is 10.9 Å². The zero-order chi connectivity index (χ0) is 21.9. The third-order valence-corrected chi connectivity index (χ3v) is 6.21. The summed E-state index contributed by atoms with van der Waals surface area (Å²) in [5, 5.41) is 3.87. The molecule has 158 valence electrons. The number of carbonyl (C=O) groups excluding carboxylic acids is 1. The number of ketones is 1. The molecular formula is C23H20ClN3O3S. The molecular weight excluding hydrogens is 434 g/mol. The number of halogens is 1. The number of rotatable bonds is 2.